The van der Waals surface area contributed by atoms with Crippen molar-refractivity contribution in [3.05, 3.63) is 58.9 Å². The number of carbonyl (C=O) groups is 2. The summed E-state index contributed by atoms with van der Waals surface area (Å²) < 4.78 is 0. The average Bonchev–Trinajstić information content (AvgIpc) is 2.51. The van der Waals surface area contributed by atoms with Crippen LogP contribution in [0.25, 0.3) is 0 Å². The third kappa shape index (κ3) is 5.66. The number of pyridine rings is 1. The molecule has 5 nitrogen and oxygen atoms in total. The summed E-state index contributed by atoms with van der Waals surface area (Å²) in [5, 5.41) is 6.05. The number of halogens is 1. The summed E-state index contributed by atoms with van der Waals surface area (Å²) in [6.45, 7) is 3.74. The topological polar surface area (TPSA) is 71.1 Å². The second-order valence-corrected chi connectivity index (χ2v) is 6.11. The van der Waals surface area contributed by atoms with Crippen molar-refractivity contribution in [1.82, 2.24) is 10.3 Å². The second kappa shape index (κ2) is 8.45. The standard InChI is InChI=1S/C18H20ClN3O2/c1-12-6-7-14(19)10-16(12)22-18(24)11-17(23)21-13(2)9-15-5-3-4-8-20-15/h3-8,10,13H,9,11H2,1-2H3,(H,21,23)(H,22,24)/t13-/m1/s1. The maximum atomic E-state index is 12.0. The van der Waals surface area contributed by atoms with Gasteiger partial charge >= 0.3 is 0 Å². The minimum atomic E-state index is -0.372. The van der Waals surface area contributed by atoms with Gasteiger partial charge in [0.05, 0.1) is 0 Å². The highest BCUT2D eigenvalue weighted by Gasteiger charge is 2.14. The number of hydrogen-bond donors (Lipinski definition) is 2. The average molecular weight is 346 g/mol. The van der Waals surface area contributed by atoms with Crippen LogP contribution in [0.5, 0.6) is 0 Å². The van der Waals surface area contributed by atoms with Gasteiger partial charge in [0, 0.05) is 35.1 Å². The monoisotopic (exact) mass is 345 g/mol. The molecule has 2 amide bonds. The van der Waals surface area contributed by atoms with E-state index in [1.54, 1.807) is 18.3 Å². The molecule has 0 spiro atoms. The van der Waals surface area contributed by atoms with E-state index in [-0.39, 0.29) is 24.3 Å². The first-order chi connectivity index (χ1) is 11.4. The number of amides is 2. The fourth-order valence-corrected chi connectivity index (χ4v) is 2.45. The summed E-state index contributed by atoms with van der Waals surface area (Å²) in [6, 6.07) is 10.8. The molecule has 1 aromatic carbocycles. The molecule has 1 aromatic heterocycles. The molecule has 0 fully saturated rings. The number of hydrogen-bond acceptors (Lipinski definition) is 3. The number of nitrogens with zero attached hydrogens (tertiary/aromatic N) is 1. The number of benzene rings is 1. The zero-order valence-electron chi connectivity index (χ0n) is 13.7. The summed E-state index contributed by atoms with van der Waals surface area (Å²) >= 11 is 5.92. The van der Waals surface area contributed by atoms with Crippen molar-refractivity contribution in [3.8, 4) is 0 Å². The van der Waals surface area contributed by atoms with Gasteiger partial charge in [0.1, 0.15) is 6.42 Å². The maximum Gasteiger partial charge on any atom is 0.233 e. The Balaban J connectivity index is 1.83. The number of nitrogens with one attached hydrogen (secondary N) is 2. The summed E-state index contributed by atoms with van der Waals surface area (Å²) in [4.78, 5) is 28.2. The van der Waals surface area contributed by atoms with Gasteiger partial charge in [0.2, 0.25) is 11.8 Å². The SMILES string of the molecule is Cc1ccc(Cl)cc1NC(=O)CC(=O)N[C@H](C)Cc1ccccn1. The highest BCUT2D eigenvalue weighted by Crippen LogP contribution is 2.20. The van der Waals surface area contributed by atoms with Gasteiger partial charge in [0.15, 0.2) is 0 Å². The van der Waals surface area contributed by atoms with E-state index in [0.29, 0.717) is 17.1 Å². The minimum Gasteiger partial charge on any atom is -0.353 e. The quantitative estimate of drug-likeness (QED) is 0.790. The van der Waals surface area contributed by atoms with Crippen molar-refractivity contribution in [3.63, 3.8) is 0 Å². The Hall–Kier alpha value is -2.40. The van der Waals surface area contributed by atoms with Crippen molar-refractivity contribution in [2.24, 2.45) is 0 Å². The van der Waals surface area contributed by atoms with Crippen LogP contribution in [-0.2, 0) is 16.0 Å². The Labute approximate surface area is 146 Å². The van der Waals surface area contributed by atoms with E-state index in [9.17, 15) is 9.59 Å². The predicted octanol–water partition coefficient (Wildman–Crippen LogP) is 3.12. The summed E-state index contributed by atoms with van der Waals surface area (Å²) in [6.07, 6.45) is 2.09. The third-order valence-electron chi connectivity index (χ3n) is 3.44. The van der Waals surface area contributed by atoms with E-state index < -0.39 is 0 Å². The molecule has 6 heteroatoms. The number of rotatable bonds is 6. The fraction of sp³-hybridized carbons (Fsp3) is 0.278. The smallest absolute Gasteiger partial charge is 0.233 e. The molecule has 2 aromatic rings. The van der Waals surface area contributed by atoms with Gasteiger partial charge in [-0.15, -0.1) is 0 Å². The molecule has 0 radical (unpaired) electrons. The zero-order chi connectivity index (χ0) is 17.5. The van der Waals surface area contributed by atoms with Crippen molar-refractivity contribution in [2.75, 3.05) is 5.32 Å². The third-order valence-corrected chi connectivity index (χ3v) is 3.68. The van der Waals surface area contributed by atoms with Gasteiger partial charge in [-0.25, -0.2) is 0 Å². The Kier molecular flexibility index (Phi) is 6.32. The van der Waals surface area contributed by atoms with Crippen molar-refractivity contribution >= 4 is 29.1 Å². The summed E-state index contributed by atoms with van der Waals surface area (Å²) in [5.41, 5.74) is 2.39. The summed E-state index contributed by atoms with van der Waals surface area (Å²) in [5.74, 6) is -0.696. The molecule has 0 aliphatic carbocycles. The van der Waals surface area contributed by atoms with Crippen molar-refractivity contribution in [1.29, 1.82) is 0 Å². The van der Waals surface area contributed by atoms with Crippen molar-refractivity contribution < 1.29 is 9.59 Å². The molecule has 0 aliphatic heterocycles. The van der Waals surface area contributed by atoms with Gasteiger partial charge in [-0.05, 0) is 43.7 Å². The highest BCUT2D eigenvalue weighted by molar-refractivity contribution is 6.31. The predicted molar refractivity (Wildman–Crippen MR) is 95.0 cm³/mol. The molecule has 1 heterocycles. The minimum absolute atomic E-state index is 0.104. The molecule has 126 valence electrons. The number of aryl methyl sites for hydroxylation is 1. The van der Waals surface area contributed by atoms with Crippen LogP contribution in [-0.4, -0.2) is 22.8 Å². The molecule has 0 unspecified atom stereocenters. The van der Waals surface area contributed by atoms with Gasteiger partial charge in [0.25, 0.3) is 0 Å². The van der Waals surface area contributed by atoms with E-state index in [4.69, 9.17) is 11.6 Å². The van der Waals surface area contributed by atoms with Gasteiger partial charge in [-0.3, -0.25) is 14.6 Å². The zero-order valence-corrected chi connectivity index (χ0v) is 14.4. The maximum absolute atomic E-state index is 12.0. The lowest BCUT2D eigenvalue weighted by molar-refractivity contribution is -0.127. The van der Waals surface area contributed by atoms with Crippen molar-refractivity contribution in [2.45, 2.75) is 32.7 Å². The fourth-order valence-electron chi connectivity index (χ4n) is 2.28. The molecule has 2 rings (SSSR count). The van der Waals surface area contributed by atoms with E-state index in [1.807, 2.05) is 38.1 Å². The Morgan fingerprint density at radius 1 is 1.21 bits per heavy atom. The first kappa shape index (κ1) is 17.9. The molecule has 0 saturated heterocycles. The first-order valence-electron chi connectivity index (χ1n) is 7.69. The Morgan fingerprint density at radius 3 is 2.71 bits per heavy atom. The lowest BCUT2D eigenvalue weighted by Gasteiger charge is -2.14. The largest absolute Gasteiger partial charge is 0.353 e. The van der Waals surface area contributed by atoms with Crippen LogP contribution < -0.4 is 10.6 Å². The lowest BCUT2D eigenvalue weighted by atomic mass is 10.1. The molecular formula is C18H20ClN3O2. The second-order valence-electron chi connectivity index (χ2n) is 5.68. The first-order valence-corrected chi connectivity index (χ1v) is 8.07. The molecule has 0 aliphatic rings. The van der Waals surface area contributed by atoms with Crippen LogP contribution in [0, 0.1) is 6.92 Å². The Morgan fingerprint density at radius 2 is 2.00 bits per heavy atom. The molecule has 1 atom stereocenters. The van der Waals surface area contributed by atoms with Crippen LogP contribution in [0.3, 0.4) is 0 Å². The molecule has 0 bridgehead atoms. The highest BCUT2D eigenvalue weighted by atomic mass is 35.5. The normalized spacial score (nSPS) is 11.6. The number of carbonyl (C=O) groups excluding carboxylic acids is 2. The lowest BCUT2D eigenvalue weighted by Crippen LogP contribution is -2.36. The van der Waals surface area contributed by atoms with E-state index in [2.05, 4.69) is 15.6 Å². The van der Waals surface area contributed by atoms with Gasteiger partial charge < -0.3 is 10.6 Å². The number of aromatic nitrogens is 1. The van der Waals surface area contributed by atoms with E-state index in [1.165, 1.54) is 0 Å². The van der Waals surface area contributed by atoms with Crippen LogP contribution in [0.4, 0.5) is 5.69 Å². The van der Waals surface area contributed by atoms with Gasteiger partial charge in [-0.2, -0.15) is 0 Å². The van der Waals surface area contributed by atoms with Gasteiger partial charge in [-0.1, -0.05) is 23.7 Å². The molecule has 0 saturated carbocycles. The van der Waals surface area contributed by atoms with E-state index in [0.717, 1.165) is 11.3 Å². The van der Waals surface area contributed by atoms with Crippen LogP contribution >= 0.6 is 11.6 Å². The van der Waals surface area contributed by atoms with Crippen LogP contribution in [0.2, 0.25) is 5.02 Å². The van der Waals surface area contributed by atoms with Crippen LogP contribution in [0.1, 0.15) is 24.6 Å². The molecular weight excluding hydrogens is 326 g/mol. The molecule has 2 N–H and O–H groups in total. The van der Waals surface area contributed by atoms with Crippen LogP contribution in [0.15, 0.2) is 42.6 Å². The molecule has 24 heavy (non-hydrogen) atoms. The number of anilines is 1. The van der Waals surface area contributed by atoms with E-state index >= 15 is 0 Å². The summed E-state index contributed by atoms with van der Waals surface area (Å²) in [7, 11) is 0. The Bertz CT molecular complexity index is 719.